The highest BCUT2D eigenvalue weighted by Gasteiger charge is 2.20. The van der Waals surface area contributed by atoms with Gasteiger partial charge < -0.3 is 20.9 Å². The van der Waals surface area contributed by atoms with Crippen LogP contribution in [0.3, 0.4) is 0 Å². The first kappa shape index (κ1) is 20.9. The fourth-order valence-electron chi connectivity index (χ4n) is 3.04. The average Bonchev–Trinajstić information content (AvgIpc) is 2.65. The molecule has 0 amide bonds. The van der Waals surface area contributed by atoms with Gasteiger partial charge in [-0.1, -0.05) is 13.8 Å². The Morgan fingerprint density at radius 1 is 0.815 bits per heavy atom. The lowest BCUT2D eigenvalue weighted by Gasteiger charge is -2.32. The quantitative estimate of drug-likeness (QED) is 0.580. The molecule has 0 bridgehead atoms. The molecule has 2 aromatic carbocycles. The van der Waals surface area contributed by atoms with E-state index >= 15 is 0 Å². The van der Waals surface area contributed by atoms with Crippen molar-refractivity contribution in [1.82, 2.24) is 4.90 Å². The van der Waals surface area contributed by atoms with E-state index in [0.29, 0.717) is 23.2 Å². The Labute approximate surface area is 163 Å². The van der Waals surface area contributed by atoms with Gasteiger partial charge in [0.1, 0.15) is 23.4 Å². The number of hydrogen-bond donors (Lipinski definition) is 2. The van der Waals surface area contributed by atoms with Crippen LogP contribution in [0.25, 0.3) is 0 Å². The summed E-state index contributed by atoms with van der Waals surface area (Å²) < 4.78 is 12.0. The topological polar surface area (TPSA) is 73.7 Å². The van der Waals surface area contributed by atoms with Crippen molar-refractivity contribution in [2.24, 2.45) is 0 Å². The predicted molar refractivity (Wildman–Crippen MR) is 113 cm³/mol. The summed E-state index contributed by atoms with van der Waals surface area (Å²) in [4.78, 5) is 2.49. The molecule has 2 unspecified atom stereocenters. The van der Waals surface area contributed by atoms with E-state index in [4.69, 9.17) is 20.9 Å². The van der Waals surface area contributed by atoms with Crippen molar-refractivity contribution in [3.05, 3.63) is 42.5 Å². The molecule has 4 N–H and O–H groups in total. The highest BCUT2D eigenvalue weighted by molar-refractivity contribution is 5.65. The number of nitrogens with two attached hydrogens (primary N) is 2. The van der Waals surface area contributed by atoms with Crippen LogP contribution in [0, 0.1) is 0 Å². The van der Waals surface area contributed by atoms with Crippen LogP contribution in [0.2, 0.25) is 0 Å². The molecular formula is C22H33N3O2. The number of ether oxygens (including phenoxy) is 2. The lowest BCUT2D eigenvalue weighted by molar-refractivity contribution is 0.0872. The summed E-state index contributed by atoms with van der Waals surface area (Å²) in [6.45, 7) is 11.0. The molecule has 0 spiro atoms. The van der Waals surface area contributed by atoms with E-state index in [2.05, 4.69) is 32.6 Å². The number of nitrogens with zero attached hydrogens (tertiary/aromatic N) is 1. The Hall–Kier alpha value is -2.40. The second kappa shape index (κ2) is 10.1. The molecule has 0 aromatic heterocycles. The van der Waals surface area contributed by atoms with Gasteiger partial charge in [-0.2, -0.15) is 0 Å². The normalized spacial score (nSPS) is 13.4. The summed E-state index contributed by atoms with van der Waals surface area (Å²) in [5, 5.41) is 0. The minimum absolute atomic E-state index is 0.103. The van der Waals surface area contributed by atoms with E-state index in [0.717, 1.165) is 37.4 Å². The van der Waals surface area contributed by atoms with E-state index in [1.807, 2.05) is 24.3 Å². The van der Waals surface area contributed by atoms with E-state index < -0.39 is 0 Å². The van der Waals surface area contributed by atoms with Crippen LogP contribution < -0.4 is 20.9 Å². The van der Waals surface area contributed by atoms with Gasteiger partial charge >= 0.3 is 0 Å². The highest BCUT2D eigenvalue weighted by atomic mass is 16.5. The average molecular weight is 372 g/mol. The van der Waals surface area contributed by atoms with Gasteiger partial charge in [0.15, 0.2) is 0 Å². The molecule has 2 rings (SSSR count). The molecule has 0 aliphatic carbocycles. The van der Waals surface area contributed by atoms with Gasteiger partial charge in [0.25, 0.3) is 0 Å². The molecule has 5 nitrogen and oxygen atoms in total. The van der Waals surface area contributed by atoms with Crippen LogP contribution in [0.15, 0.2) is 42.5 Å². The van der Waals surface area contributed by atoms with Crippen LogP contribution >= 0.6 is 0 Å². The molecular weight excluding hydrogens is 338 g/mol. The molecule has 148 valence electrons. The van der Waals surface area contributed by atoms with Crippen LogP contribution in [-0.2, 0) is 0 Å². The van der Waals surface area contributed by atoms with Crippen LogP contribution in [0.4, 0.5) is 11.4 Å². The van der Waals surface area contributed by atoms with Crippen molar-refractivity contribution < 1.29 is 9.47 Å². The van der Waals surface area contributed by atoms with Gasteiger partial charge in [-0.3, -0.25) is 4.90 Å². The first-order valence-corrected chi connectivity index (χ1v) is 9.78. The fraction of sp³-hybridized carbons (Fsp3) is 0.455. The van der Waals surface area contributed by atoms with Crippen molar-refractivity contribution >= 4 is 11.4 Å². The lowest BCUT2D eigenvalue weighted by atomic mass is 10.1. The zero-order chi connectivity index (χ0) is 19.8. The summed E-state index contributed by atoms with van der Waals surface area (Å²) in [6, 6.07) is 13.3. The first-order valence-electron chi connectivity index (χ1n) is 9.78. The monoisotopic (exact) mass is 371 g/mol. The standard InChI is InChI=1S/C22H33N3O2/c1-5-13-25(14-6-2)16(3)17(4)26-18-7-9-19(10-8-18)27-20-11-12-21(23)22(24)15-20/h7-12,15-17H,5-6,13-14,23-24H2,1-4H3. The van der Waals surface area contributed by atoms with Gasteiger partial charge in [0, 0.05) is 12.1 Å². The largest absolute Gasteiger partial charge is 0.489 e. The van der Waals surface area contributed by atoms with Gasteiger partial charge in [-0.15, -0.1) is 0 Å². The van der Waals surface area contributed by atoms with E-state index in [-0.39, 0.29) is 6.10 Å². The van der Waals surface area contributed by atoms with E-state index in [1.165, 1.54) is 0 Å². The first-order chi connectivity index (χ1) is 12.9. The molecule has 0 radical (unpaired) electrons. The number of benzene rings is 2. The highest BCUT2D eigenvalue weighted by Crippen LogP contribution is 2.28. The Bertz CT molecular complexity index is 697. The van der Waals surface area contributed by atoms with Crippen molar-refractivity contribution in [2.75, 3.05) is 24.6 Å². The molecule has 0 aliphatic heterocycles. The summed E-state index contributed by atoms with van der Waals surface area (Å²) >= 11 is 0. The zero-order valence-electron chi connectivity index (χ0n) is 16.9. The third kappa shape index (κ3) is 6.07. The van der Waals surface area contributed by atoms with Crippen LogP contribution in [0.5, 0.6) is 17.2 Å². The smallest absolute Gasteiger partial charge is 0.129 e. The minimum atomic E-state index is 0.103. The third-order valence-electron chi connectivity index (χ3n) is 4.72. The molecule has 0 heterocycles. The Kier molecular flexibility index (Phi) is 7.80. The molecule has 2 atom stereocenters. The lowest BCUT2D eigenvalue weighted by Crippen LogP contribution is -2.43. The molecule has 2 aromatic rings. The predicted octanol–water partition coefficient (Wildman–Crippen LogP) is 4.92. The maximum absolute atomic E-state index is 6.16. The van der Waals surface area contributed by atoms with E-state index in [9.17, 15) is 0 Å². The maximum Gasteiger partial charge on any atom is 0.129 e. The van der Waals surface area contributed by atoms with Crippen LogP contribution in [-0.4, -0.2) is 30.1 Å². The van der Waals surface area contributed by atoms with Crippen molar-refractivity contribution in [1.29, 1.82) is 0 Å². The summed E-state index contributed by atoms with van der Waals surface area (Å²) in [5.74, 6) is 2.23. The number of anilines is 2. The Morgan fingerprint density at radius 2 is 1.37 bits per heavy atom. The minimum Gasteiger partial charge on any atom is -0.489 e. The summed E-state index contributed by atoms with van der Waals surface area (Å²) in [5.41, 5.74) is 12.6. The Morgan fingerprint density at radius 3 is 1.93 bits per heavy atom. The number of nitrogen functional groups attached to an aromatic ring is 2. The molecule has 5 heteroatoms. The maximum atomic E-state index is 6.16. The number of rotatable bonds is 10. The summed E-state index contributed by atoms with van der Waals surface area (Å²) in [6.07, 6.45) is 2.41. The Balaban J connectivity index is 1.96. The van der Waals surface area contributed by atoms with Crippen LogP contribution in [0.1, 0.15) is 40.5 Å². The third-order valence-corrected chi connectivity index (χ3v) is 4.72. The second-order valence-corrected chi connectivity index (χ2v) is 6.96. The zero-order valence-corrected chi connectivity index (χ0v) is 16.9. The van der Waals surface area contributed by atoms with Gasteiger partial charge in [-0.05, 0) is 76.2 Å². The molecule has 0 saturated heterocycles. The van der Waals surface area contributed by atoms with Gasteiger partial charge in [0.2, 0.25) is 0 Å². The second-order valence-electron chi connectivity index (χ2n) is 6.96. The number of hydrogen-bond acceptors (Lipinski definition) is 5. The SMILES string of the molecule is CCCN(CCC)C(C)C(C)Oc1ccc(Oc2ccc(N)c(N)c2)cc1. The molecule has 0 aliphatic rings. The van der Waals surface area contributed by atoms with Crippen molar-refractivity contribution in [3.8, 4) is 17.2 Å². The summed E-state index contributed by atoms with van der Waals surface area (Å²) in [7, 11) is 0. The van der Waals surface area contributed by atoms with E-state index in [1.54, 1.807) is 18.2 Å². The van der Waals surface area contributed by atoms with Gasteiger partial charge in [0.05, 0.1) is 11.4 Å². The van der Waals surface area contributed by atoms with Gasteiger partial charge in [-0.25, -0.2) is 0 Å². The van der Waals surface area contributed by atoms with Crippen molar-refractivity contribution in [2.45, 2.75) is 52.7 Å². The fourth-order valence-corrected chi connectivity index (χ4v) is 3.04. The molecule has 0 saturated carbocycles. The van der Waals surface area contributed by atoms with Crippen molar-refractivity contribution in [3.63, 3.8) is 0 Å². The molecule has 27 heavy (non-hydrogen) atoms. The molecule has 0 fully saturated rings.